The van der Waals surface area contributed by atoms with Crippen molar-refractivity contribution in [3.05, 3.63) is 71.8 Å². The minimum absolute atomic E-state index is 0.274. The Morgan fingerprint density at radius 3 is 2.33 bits per heavy atom. The first kappa shape index (κ1) is 16.7. The molecule has 3 heteroatoms. The summed E-state index contributed by atoms with van der Waals surface area (Å²) in [6.45, 7) is 2.62. The Kier molecular flexibility index (Phi) is 5.31. The van der Waals surface area contributed by atoms with Gasteiger partial charge in [-0.25, -0.2) is 4.79 Å². The highest BCUT2D eigenvalue weighted by molar-refractivity contribution is 5.85. The molecule has 0 aliphatic carbocycles. The van der Waals surface area contributed by atoms with Crippen LogP contribution in [0.2, 0.25) is 0 Å². The first-order valence-corrected chi connectivity index (χ1v) is 8.74. The molecule has 2 aromatic rings. The Balaban J connectivity index is 1.74. The standard InChI is InChI=1S/C21H24O3/c1-2-3-4-11-16-23-20(22)21(18-14-9-6-10-15-18)19(24-21)17-12-7-5-8-13-17/h5-10,12-15,19H,2-4,11,16H2,1H3. The average molecular weight is 324 g/mol. The number of epoxide rings is 1. The Labute approximate surface area is 143 Å². The van der Waals surface area contributed by atoms with E-state index in [9.17, 15) is 4.79 Å². The van der Waals surface area contributed by atoms with Gasteiger partial charge in [0, 0.05) is 0 Å². The molecule has 0 aromatic heterocycles. The predicted octanol–water partition coefficient (Wildman–Crippen LogP) is 4.78. The van der Waals surface area contributed by atoms with E-state index in [2.05, 4.69) is 6.92 Å². The van der Waals surface area contributed by atoms with E-state index >= 15 is 0 Å². The van der Waals surface area contributed by atoms with Crippen molar-refractivity contribution in [3.63, 3.8) is 0 Å². The van der Waals surface area contributed by atoms with Crippen molar-refractivity contribution < 1.29 is 14.3 Å². The Morgan fingerprint density at radius 1 is 1.00 bits per heavy atom. The molecule has 3 rings (SSSR count). The summed E-state index contributed by atoms with van der Waals surface area (Å²) in [4.78, 5) is 12.8. The van der Waals surface area contributed by atoms with Crippen molar-refractivity contribution in [1.29, 1.82) is 0 Å². The molecule has 1 aliphatic rings. The van der Waals surface area contributed by atoms with E-state index in [1.165, 1.54) is 12.8 Å². The topological polar surface area (TPSA) is 38.8 Å². The molecule has 3 nitrogen and oxygen atoms in total. The molecular formula is C21H24O3. The summed E-state index contributed by atoms with van der Waals surface area (Å²) < 4.78 is 11.5. The number of esters is 1. The predicted molar refractivity (Wildman–Crippen MR) is 93.5 cm³/mol. The first-order chi connectivity index (χ1) is 11.8. The quantitative estimate of drug-likeness (QED) is 0.398. The molecule has 1 saturated heterocycles. The van der Waals surface area contributed by atoms with E-state index in [-0.39, 0.29) is 12.1 Å². The van der Waals surface area contributed by atoms with Gasteiger partial charge in [0.15, 0.2) is 0 Å². The van der Waals surface area contributed by atoms with E-state index in [0.717, 1.165) is 24.0 Å². The van der Waals surface area contributed by atoms with Gasteiger partial charge >= 0.3 is 5.97 Å². The lowest BCUT2D eigenvalue weighted by Crippen LogP contribution is -2.26. The highest BCUT2D eigenvalue weighted by Gasteiger charge is 2.65. The summed E-state index contributed by atoms with van der Waals surface area (Å²) >= 11 is 0. The number of hydrogen-bond acceptors (Lipinski definition) is 3. The normalized spacial score (nSPS) is 22.1. The van der Waals surface area contributed by atoms with Gasteiger partial charge in [-0.1, -0.05) is 86.8 Å². The second-order valence-corrected chi connectivity index (χ2v) is 6.21. The second-order valence-electron chi connectivity index (χ2n) is 6.21. The number of ether oxygens (including phenoxy) is 2. The maximum atomic E-state index is 12.8. The lowest BCUT2D eigenvalue weighted by Gasteiger charge is -2.13. The van der Waals surface area contributed by atoms with Crippen molar-refractivity contribution in [2.45, 2.75) is 44.3 Å². The van der Waals surface area contributed by atoms with Gasteiger partial charge in [0.1, 0.15) is 6.10 Å². The summed E-state index contributed by atoms with van der Waals surface area (Å²) in [5.74, 6) is -0.279. The summed E-state index contributed by atoms with van der Waals surface area (Å²) in [7, 11) is 0. The third-order valence-electron chi connectivity index (χ3n) is 4.46. The lowest BCUT2D eigenvalue weighted by molar-refractivity contribution is -0.150. The van der Waals surface area contributed by atoms with Crippen molar-refractivity contribution in [2.75, 3.05) is 6.61 Å². The molecule has 2 aromatic carbocycles. The molecule has 1 fully saturated rings. The fraction of sp³-hybridized carbons (Fsp3) is 0.381. The van der Waals surface area contributed by atoms with E-state index in [0.29, 0.717) is 6.61 Å². The summed E-state index contributed by atoms with van der Waals surface area (Å²) in [5, 5.41) is 0. The molecule has 0 spiro atoms. The minimum atomic E-state index is -0.993. The molecule has 0 saturated carbocycles. The molecule has 0 bridgehead atoms. The molecule has 1 aliphatic heterocycles. The Hall–Kier alpha value is -2.13. The lowest BCUT2D eigenvalue weighted by atomic mass is 9.92. The average Bonchev–Trinajstić information content (AvgIpc) is 3.40. The van der Waals surface area contributed by atoms with Gasteiger partial charge in [-0.15, -0.1) is 0 Å². The number of benzene rings is 2. The van der Waals surface area contributed by atoms with Crippen molar-refractivity contribution in [1.82, 2.24) is 0 Å². The zero-order valence-corrected chi connectivity index (χ0v) is 14.1. The van der Waals surface area contributed by atoms with Gasteiger partial charge in [0.25, 0.3) is 0 Å². The molecule has 126 valence electrons. The van der Waals surface area contributed by atoms with Gasteiger partial charge in [-0.2, -0.15) is 0 Å². The minimum Gasteiger partial charge on any atom is -0.463 e. The van der Waals surface area contributed by atoms with Crippen LogP contribution >= 0.6 is 0 Å². The zero-order chi connectivity index (χ0) is 16.8. The van der Waals surface area contributed by atoms with Crippen LogP contribution in [0.25, 0.3) is 0 Å². The first-order valence-electron chi connectivity index (χ1n) is 8.74. The zero-order valence-electron chi connectivity index (χ0n) is 14.1. The molecule has 2 atom stereocenters. The smallest absolute Gasteiger partial charge is 0.346 e. The molecule has 0 radical (unpaired) electrons. The van der Waals surface area contributed by atoms with E-state index in [1.54, 1.807) is 0 Å². The molecule has 0 amide bonds. The molecule has 2 unspecified atom stereocenters. The van der Waals surface area contributed by atoms with Crippen LogP contribution in [0.4, 0.5) is 0 Å². The summed E-state index contributed by atoms with van der Waals surface area (Å²) in [6.07, 6.45) is 4.06. The number of unbranched alkanes of at least 4 members (excludes halogenated alkanes) is 3. The van der Waals surface area contributed by atoms with Crippen LogP contribution in [0, 0.1) is 0 Å². The van der Waals surface area contributed by atoms with Crippen molar-refractivity contribution in [3.8, 4) is 0 Å². The van der Waals surface area contributed by atoms with Crippen LogP contribution in [0.15, 0.2) is 60.7 Å². The highest BCUT2D eigenvalue weighted by atomic mass is 16.7. The maximum Gasteiger partial charge on any atom is 0.346 e. The van der Waals surface area contributed by atoms with Crippen LogP contribution in [-0.2, 0) is 19.9 Å². The summed E-state index contributed by atoms with van der Waals surface area (Å²) in [6, 6.07) is 19.5. The molecular weight excluding hydrogens is 300 g/mol. The molecule has 24 heavy (non-hydrogen) atoms. The SMILES string of the molecule is CCCCCCOC(=O)C1(c2ccccc2)OC1c1ccccc1. The van der Waals surface area contributed by atoms with Gasteiger partial charge in [-0.3, -0.25) is 0 Å². The third kappa shape index (κ3) is 3.36. The number of rotatable bonds is 8. The summed E-state index contributed by atoms with van der Waals surface area (Å²) in [5.41, 5.74) is 0.870. The third-order valence-corrected chi connectivity index (χ3v) is 4.46. The second kappa shape index (κ2) is 7.63. The van der Waals surface area contributed by atoms with Crippen LogP contribution < -0.4 is 0 Å². The van der Waals surface area contributed by atoms with Crippen LogP contribution in [-0.4, -0.2) is 12.6 Å². The molecule has 1 heterocycles. The number of carbonyl (C=O) groups is 1. The van der Waals surface area contributed by atoms with Gasteiger partial charge in [-0.05, 0) is 17.5 Å². The van der Waals surface area contributed by atoms with Crippen LogP contribution in [0.1, 0.15) is 49.8 Å². The van der Waals surface area contributed by atoms with Crippen LogP contribution in [0.5, 0.6) is 0 Å². The van der Waals surface area contributed by atoms with Crippen molar-refractivity contribution in [2.24, 2.45) is 0 Å². The van der Waals surface area contributed by atoms with Gasteiger partial charge in [0.05, 0.1) is 6.61 Å². The van der Waals surface area contributed by atoms with Crippen molar-refractivity contribution >= 4 is 5.97 Å². The Bertz CT molecular complexity index is 653. The monoisotopic (exact) mass is 324 g/mol. The van der Waals surface area contributed by atoms with E-state index in [4.69, 9.17) is 9.47 Å². The van der Waals surface area contributed by atoms with Gasteiger partial charge in [0.2, 0.25) is 5.60 Å². The maximum absolute atomic E-state index is 12.8. The van der Waals surface area contributed by atoms with Gasteiger partial charge < -0.3 is 9.47 Å². The van der Waals surface area contributed by atoms with E-state index < -0.39 is 5.60 Å². The largest absolute Gasteiger partial charge is 0.463 e. The number of hydrogen-bond donors (Lipinski definition) is 0. The Morgan fingerprint density at radius 2 is 1.67 bits per heavy atom. The highest BCUT2D eigenvalue weighted by Crippen LogP contribution is 2.57. The number of carbonyl (C=O) groups excluding carboxylic acids is 1. The fourth-order valence-electron chi connectivity index (χ4n) is 3.06. The fourth-order valence-corrected chi connectivity index (χ4v) is 3.06. The van der Waals surface area contributed by atoms with Crippen LogP contribution in [0.3, 0.4) is 0 Å². The molecule has 0 N–H and O–H groups in total. The van der Waals surface area contributed by atoms with E-state index in [1.807, 2.05) is 60.7 Å².